The lowest BCUT2D eigenvalue weighted by molar-refractivity contribution is 0.814. The second-order valence-electron chi connectivity index (χ2n) is 3.89. The van der Waals surface area contributed by atoms with Crippen molar-refractivity contribution in [2.24, 2.45) is 0 Å². The summed E-state index contributed by atoms with van der Waals surface area (Å²) in [5, 5.41) is 0. The van der Waals surface area contributed by atoms with Crippen molar-refractivity contribution in [3.05, 3.63) is 40.8 Å². The van der Waals surface area contributed by atoms with Crippen LogP contribution in [0.4, 0.5) is 0 Å². The van der Waals surface area contributed by atoms with Gasteiger partial charge in [0.1, 0.15) is 10.3 Å². The van der Waals surface area contributed by atoms with E-state index in [-0.39, 0.29) is 0 Å². The van der Waals surface area contributed by atoms with Crippen molar-refractivity contribution < 1.29 is 0 Å². The fourth-order valence-electron chi connectivity index (χ4n) is 1.41. The zero-order valence-electron chi connectivity index (χ0n) is 9.27. The first-order valence-electron chi connectivity index (χ1n) is 5.19. The largest absolute Gasteiger partial charge is 0.342 e. The Morgan fingerprint density at radius 1 is 1.31 bits per heavy atom. The number of nitrogens with one attached hydrogen (secondary N) is 1. The van der Waals surface area contributed by atoms with E-state index in [0.717, 1.165) is 17.2 Å². The minimum absolute atomic E-state index is 0.396. The molecule has 0 aliphatic heterocycles. The SMILES string of the molecule is CC(C)c1cc(=S)nc(-c2ccccn2)[nH]1. The van der Waals surface area contributed by atoms with Crippen molar-refractivity contribution in [2.75, 3.05) is 0 Å². The summed E-state index contributed by atoms with van der Waals surface area (Å²) in [6.45, 7) is 4.23. The van der Waals surface area contributed by atoms with Gasteiger partial charge in [0.2, 0.25) is 0 Å². The van der Waals surface area contributed by atoms with Gasteiger partial charge >= 0.3 is 0 Å². The van der Waals surface area contributed by atoms with Gasteiger partial charge in [-0.1, -0.05) is 32.1 Å². The third-order valence-corrected chi connectivity index (χ3v) is 2.50. The number of pyridine rings is 1. The molecule has 1 N–H and O–H groups in total. The van der Waals surface area contributed by atoms with Crippen LogP contribution in [0.3, 0.4) is 0 Å². The average Bonchev–Trinajstić information content (AvgIpc) is 2.29. The maximum Gasteiger partial charge on any atom is 0.157 e. The number of H-pyrrole nitrogens is 1. The highest BCUT2D eigenvalue weighted by atomic mass is 32.1. The highest BCUT2D eigenvalue weighted by Gasteiger charge is 2.05. The molecule has 0 saturated heterocycles. The highest BCUT2D eigenvalue weighted by Crippen LogP contribution is 2.16. The number of nitrogens with zero attached hydrogens (tertiary/aromatic N) is 2. The van der Waals surface area contributed by atoms with Crippen molar-refractivity contribution >= 4 is 12.2 Å². The van der Waals surface area contributed by atoms with Crippen LogP contribution in [0.1, 0.15) is 25.5 Å². The number of aromatic amines is 1. The van der Waals surface area contributed by atoms with Crippen LogP contribution >= 0.6 is 12.2 Å². The maximum atomic E-state index is 5.15. The van der Waals surface area contributed by atoms with Gasteiger partial charge in [-0.25, -0.2) is 4.98 Å². The van der Waals surface area contributed by atoms with Gasteiger partial charge in [-0.3, -0.25) is 4.98 Å². The molecule has 2 aromatic heterocycles. The summed E-state index contributed by atoms with van der Waals surface area (Å²) in [4.78, 5) is 11.8. The van der Waals surface area contributed by atoms with Crippen molar-refractivity contribution in [1.29, 1.82) is 0 Å². The number of hydrogen-bond donors (Lipinski definition) is 1. The van der Waals surface area contributed by atoms with Crippen LogP contribution < -0.4 is 0 Å². The minimum atomic E-state index is 0.396. The van der Waals surface area contributed by atoms with E-state index in [2.05, 4.69) is 28.8 Å². The molecule has 2 rings (SSSR count). The molecule has 16 heavy (non-hydrogen) atoms. The molecule has 3 nitrogen and oxygen atoms in total. The molecular formula is C12H13N3S. The second-order valence-corrected chi connectivity index (χ2v) is 4.31. The highest BCUT2D eigenvalue weighted by molar-refractivity contribution is 7.71. The first-order valence-corrected chi connectivity index (χ1v) is 5.60. The van der Waals surface area contributed by atoms with E-state index in [1.807, 2.05) is 24.3 Å². The summed E-state index contributed by atoms with van der Waals surface area (Å²) >= 11 is 5.15. The Labute approximate surface area is 99.6 Å². The molecule has 0 aromatic carbocycles. The zero-order chi connectivity index (χ0) is 11.5. The molecule has 0 aliphatic rings. The Balaban J connectivity index is 2.54. The number of aromatic nitrogens is 3. The van der Waals surface area contributed by atoms with E-state index < -0.39 is 0 Å². The first kappa shape index (κ1) is 11.0. The van der Waals surface area contributed by atoms with E-state index >= 15 is 0 Å². The van der Waals surface area contributed by atoms with Crippen LogP contribution in [0.2, 0.25) is 0 Å². The lowest BCUT2D eigenvalue weighted by Crippen LogP contribution is -1.98. The molecule has 82 valence electrons. The van der Waals surface area contributed by atoms with Crippen LogP contribution in [0.5, 0.6) is 0 Å². The third kappa shape index (κ3) is 2.33. The lowest BCUT2D eigenvalue weighted by Gasteiger charge is -2.07. The van der Waals surface area contributed by atoms with E-state index in [1.54, 1.807) is 6.20 Å². The van der Waals surface area contributed by atoms with Gasteiger partial charge < -0.3 is 4.98 Å². The molecule has 4 heteroatoms. The molecule has 0 amide bonds. The molecule has 0 atom stereocenters. The molecule has 0 aliphatic carbocycles. The predicted octanol–water partition coefficient (Wildman–Crippen LogP) is 3.32. The molecule has 2 heterocycles. The Morgan fingerprint density at radius 3 is 2.75 bits per heavy atom. The van der Waals surface area contributed by atoms with Crippen LogP contribution in [0.25, 0.3) is 11.5 Å². The molecule has 0 bridgehead atoms. The normalized spacial score (nSPS) is 10.7. The summed E-state index contributed by atoms with van der Waals surface area (Å²) < 4.78 is 0.600. The maximum absolute atomic E-state index is 5.15. The fourth-order valence-corrected chi connectivity index (χ4v) is 1.63. The van der Waals surface area contributed by atoms with Crippen LogP contribution in [-0.4, -0.2) is 15.0 Å². The Hall–Kier alpha value is -1.55. The van der Waals surface area contributed by atoms with Crippen LogP contribution in [0.15, 0.2) is 30.5 Å². The lowest BCUT2D eigenvalue weighted by atomic mass is 10.1. The Kier molecular flexibility index (Phi) is 3.10. The molecular weight excluding hydrogens is 218 g/mol. The molecule has 2 aromatic rings. The van der Waals surface area contributed by atoms with E-state index in [1.165, 1.54) is 0 Å². The quantitative estimate of drug-likeness (QED) is 0.806. The van der Waals surface area contributed by atoms with E-state index in [0.29, 0.717) is 10.6 Å². The van der Waals surface area contributed by atoms with Gasteiger partial charge in [-0.15, -0.1) is 0 Å². The standard InChI is InChI=1S/C12H13N3S/c1-8(2)10-7-11(16)15-12(14-10)9-5-3-4-6-13-9/h3-8H,1-2H3,(H,14,15,16). The second kappa shape index (κ2) is 4.53. The van der Waals surface area contributed by atoms with Gasteiger partial charge in [-0.05, 0) is 24.1 Å². The van der Waals surface area contributed by atoms with Gasteiger partial charge in [-0.2, -0.15) is 0 Å². The van der Waals surface area contributed by atoms with Crippen molar-refractivity contribution in [2.45, 2.75) is 19.8 Å². The summed E-state index contributed by atoms with van der Waals surface area (Å²) in [5.74, 6) is 1.13. The Morgan fingerprint density at radius 2 is 2.12 bits per heavy atom. The topological polar surface area (TPSA) is 41.6 Å². The van der Waals surface area contributed by atoms with E-state index in [4.69, 9.17) is 12.2 Å². The third-order valence-electron chi connectivity index (χ3n) is 2.29. The first-order chi connectivity index (χ1) is 7.66. The molecule has 0 saturated carbocycles. The van der Waals surface area contributed by atoms with Crippen LogP contribution in [-0.2, 0) is 0 Å². The van der Waals surface area contributed by atoms with E-state index in [9.17, 15) is 0 Å². The van der Waals surface area contributed by atoms with Crippen molar-refractivity contribution in [3.8, 4) is 11.5 Å². The summed E-state index contributed by atoms with van der Waals surface area (Å²) in [6.07, 6.45) is 1.75. The van der Waals surface area contributed by atoms with Gasteiger partial charge in [0.15, 0.2) is 5.82 Å². The van der Waals surface area contributed by atoms with Crippen molar-refractivity contribution in [3.63, 3.8) is 0 Å². The number of rotatable bonds is 2. The molecule has 0 fully saturated rings. The van der Waals surface area contributed by atoms with Crippen LogP contribution in [0, 0.1) is 4.64 Å². The average molecular weight is 231 g/mol. The number of hydrogen-bond acceptors (Lipinski definition) is 3. The smallest absolute Gasteiger partial charge is 0.157 e. The molecule has 0 radical (unpaired) electrons. The summed E-state index contributed by atoms with van der Waals surface area (Å²) in [6, 6.07) is 7.62. The van der Waals surface area contributed by atoms with Gasteiger partial charge in [0.05, 0.1) is 0 Å². The molecule has 0 spiro atoms. The minimum Gasteiger partial charge on any atom is -0.342 e. The summed E-state index contributed by atoms with van der Waals surface area (Å²) in [5.41, 5.74) is 1.90. The molecule has 0 unspecified atom stereocenters. The Bertz CT molecular complexity index is 531. The monoisotopic (exact) mass is 231 g/mol. The van der Waals surface area contributed by atoms with Crippen molar-refractivity contribution in [1.82, 2.24) is 15.0 Å². The summed E-state index contributed by atoms with van der Waals surface area (Å²) in [7, 11) is 0. The zero-order valence-corrected chi connectivity index (χ0v) is 10.1. The fraction of sp³-hybridized carbons (Fsp3) is 0.250. The predicted molar refractivity (Wildman–Crippen MR) is 66.7 cm³/mol. The van der Waals surface area contributed by atoms with Gasteiger partial charge in [0.25, 0.3) is 0 Å². The van der Waals surface area contributed by atoms with Gasteiger partial charge in [0, 0.05) is 11.9 Å².